The predicted octanol–water partition coefficient (Wildman–Crippen LogP) is 0.548. The van der Waals surface area contributed by atoms with E-state index in [0.717, 1.165) is 22.7 Å². The van der Waals surface area contributed by atoms with Gasteiger partial charge >= 0.3 is 0 Å². The van der Waals surface area contributed by atoms with Crippen molar-refractivity contribution in [1.82, 2.24) is 4.72 Å². The highest BCUT2D eigenvalue weighted by Crippen LogP contribution is 2.34. The summed E-state index contributed by atoms with van der Waals surface area (Å²) in [5.74, 6) is 0. The quantitative estimate of drug-likeness (QED) is 0.698. The fourth-order valence-corrected chi connectivity index (χ4v) is 4.19. The van der Waals surface area contributed by atoms with Gasteiger partial charge in [-0.25, -0.2) is 13.6 Å². The van der Waals surface area contributed by atoms with Gasteiger partial charge in [0.2, 0.25) is 10.0 Å². The van der Waals surface area contributed by atoms with Crippen molar-refractivity contribution in [3.05, 3.63) is 11.6 Å². The molecular weight excluding hydrogens is 228 g/mol. The Hall–Kier alpha value is -0.0800. The van der Waals surface area contributed by atoms with E-state index in [-0.39, 0.29) is 4.21 Å². The van der Waals surface area contributed by atoms with Crippen molar-refractivity contribution in [2.75, 3.05) is 6.54 Å². The highest BCUT2D eigenvalue weighted by Gasteiger charge is 2.18. The monoisotopic (exact) mass is 236 g/mol. The van der Waals surface area contributed by atoms with E-state index in [0.29, 0.717) is 0 Å². The summed E-state index contributed by atoms with van der Waals surface area (Å²) in [5, 5.41) is 5.02. The van der Waals surface area contributed by atoms with E-state index >= 15 is 0 Å². The molecule has 0 spiro atoms. The SMILES string of the molecule is NS(=O)(=O)c1cc2c(s1)SNCC2. The third-order valence-corrected chi connectivity index (χ3v) is 5.38. The Morgan fingerprint density at radius 1 is 1.54 bits per heavy atom. The molecule has 7 heteroatoms. The van der Waals surface area contributed by atoms with Crippen LogP contribution in [0.3, 0.4) is 0 Å². The lowest BCUT2D eigenvalue weighted by atomic mass is 10.2. The van der Waals surface area contributed by atoms with E-state index in [1.54, 1.807) is 6.07 Å². The molecule has 0 aromatic carbocycles. The normalized spacial score (nSPS) is 17.0. The number of sulfonamides is 1. The minimum absolute atomic E-state index is 0.258. The van der Waals surface area contributed by atoms with Gasteiger partial charge in [0.25, 0.3) is 0 Å². The molecule has 2 heterocycles. The average molecular weight is 236 g/mol. The molecule has 0 saturated heterocycles. The van der Waals surface area contributed by atoms with E-state index < -0.39 is 10.0 Å². The first-order valence-corrected chi connectivity index (χ1v) is 6.80. The number of rotatable bonds is 1. The lowest BCUT2D eigenvalue weighted by Crippen LogP contribution is -2.12. The Balaban J connectivity index is 2.47. The summed E-state index contributed by atoms with van der Waals surface area (Å²) in [5.41, 5.74) is 1.08. The van der Waals surface area contributed by atoms with Crippen molar-refractivity contribution in [3.63, 3.8) is 0 Å². The molecule has 0 saturated carbocycles. The highest BCUT2D eigenvalue weighted by atomic mass is 32.3. The average Bonchev–Trinajstić information content (AvgIpc) is 2.45. The molecule has 1 aromatic rings. The molecule has 1 aromatic heterocycles. The maximum Gasteiger partial charge on any atom is 0.247 e. The van der Waals surface area contributed by atoms with Gasteiger partial charge in [-0.3, -0.25) is 4.72 Å². The number of hydrogen-bond donors (Lipinski definition) is 2. The zero-order valence-electron chi connectivity index (χ0n) is 6.61. The molecule has 0 fully saturated rings. The molecule has 1 aliphatic heterocycles. The number of primary sulfonamides is 1. The fourth-order valence-electron chi connectivity index (χ4n) is 1.09. The smallest absolute Gasteiger partial charge is 0.247 e. The maximum atomic E-state index is 11.0. The van der Waals surface area contributed by atoms with Crippen LogP contribution in [0, 0.1) is 0 Å². The van der Waals surface area contributed by atoms with E-state index in [1.807, 2.05) is 0 Å². The van der Waals surface area contributed by atoms with Gasteiger partial charge in [0.05, 0.1) is 4.21 Å². The second-order valence-corrected chi connectivity index (χ2v) is 6.67. The Labute approximate surface area is 84.7 Å². The van der Waals surface area contributed by atoms with Crippen LogP contribution in [0.1, 0.15) is 5.56 Å². The van der Waals surface area contributed by atoms with Crippen LogP contribution < -0.4 is 9.86 Å². The first kappa shape index (κ1) is 9.47. The van der Waals surface area contributed by atoms with E-state index in [1.165, 1.54) is 23.3 Å². The van der Waals surface area contributed by atoms with E-state index in [4.69, 9.17) is 5.14 Å². The summed E-state index contributed by atoms with van der Waals surface area (Å²) in [4.78, 5) is 0. The predicted molar refractivity (Wildman–Crippen MR) is 53.3 cm³/mol. The zero-order valence-corrected chi connectivity index (χ0v) is 9.06. The molecule has 2 rings (SSSR count). The van der Waals surface area contributed by atoms with Crippen molar-refractivity contribution in [1.29, 1.82) is 0 Å². The first-order chi connectivity index (χ1) is 6.07. The summed E-state index contributed by atoms with van der Waals surface area (Å²) in [6.07, 6.45) is 0.869. The number of thiophene rings is 1. The van der Waals surface area contributed by atoms with Gasteiger partial charge in [0.15, 0.2) is 0 Å². The minimum atomic E-state index is -3.52. The Morgan fingerprint density at radius 3 is 2.92 bits per heavy atom. The third-order valence-electron chi connectivity index (χ3n) is 1.69. The number of nitrogens with two attached hydrogens (primary N) is 1. The minimum Gasteiger partial charge on any atom is -0.259 e. The van der Waals surface area contributed by atoms with Crippen LogP contribution in [0.5, 0.6) is 0 Å². The van der Waals surface area contributed by atoms with Gasteiger partial charge in [0.1, 0.15) is 4.21 Å². The van der Waals surface area contributed by atoms with Gasteiger partial charge in [0, 0.05) is 6.54 Å². The van der Waals surface area contributed by atoms with Crippen molar-refractivity contribution in [2.24, 2.45) is 5.14 Å². The number of hydrogen-bond acceptors (Lipinski definition) is 5. The largest absolute Gasteiger partial charge is 0.259 e. The van der Waals surface area contributed by atoms with Crippen molar-refractivity contribution in [3.8, 4) is 0 Å². The Morgan fingerprint density at radius 2 is 2.31 bits per heavy atom. The molecule has 0 atom stereocenters. The Bertz CT molecular complexity index is 400. The van der Waals surface area contributed by atoms with E-state index in [2.05, 4.69) is 4.72 Å². The molecule has 1 aliphatic rings. The van der Waals surface area contributed by atoms with Crippen LogP contribution >= 0.6 is 23.3 Å². The molecule has 4 nitrogen and oxygen atoms in total. The topological polar surface area (TPSA) is 72.2 Å². The summed E-state index contributed by atoms with van der Waals surface area (Å²) in [6, 6.07) is 1.67. The van der Waals surface area contributed by atoms with Crippen molar-refractivity contribution in [2.45, 2.75) is 14.8 Å². The molecule has 0 aliphatic carbocycles. The van der Waals surface area contributed by atoms with Gasteiger partial charge in [-0.15, -0.1) is 11.3 Å². The lowest BCUT2D eigenvalue weighted by Gasteiger charge is -2.09. The highest BCUT2D eigenvalue weighted by molar-refractivity contribution is 8.00. The number of fused-ring (bicyclic) bond motifs is 1. The number of nitrogens with one attached hydrogen (secondary N) is 1. The summed E-state index contributed by atoms with van der Waals surface area (Å²) < 4.78 is 26.4. The van der Waals surface area contributed by atoms with Crippen LogP contribution in [-0.4, -0.2) is 15.0 Å². The second-order valence-electron chi connectivity index (χ2n) is 2.67. The molecule has 0 bridgehead atoms. The van der Waals surface area contributed by atoms with E-state index in [9.17, 15) is 8.42 Å². The Kier molecular flexibility index (Phi) is 2.37. The van der Waals surface area contributed by atoms with Crippen LogP contribution in [0.25, 0.3) is 0 Å². The third kappa shape index (κ3) is 1.89. The molecule has 0 radical (unpaired) electrons. The fraction of sp³-hybridized carbons (Fsp3) is 0.333. The van der Waals surface area contributed by atoms with Crippen LogP contribution in [0.4, 0.5) is 0 Å². The molecule has 72 valence electrons. The van der Waals surface area contributed by atoms with Crippen LogP contribution in [0.15, 0.2) is 14.5 Å². The van der Waals surface area contributed by atoms with Gasteiger partial charge in [-0.1, -0.05) is 0 Å². The second kappa shape index (κ2) is 3.25. The van der Waals surface area contributed by atoms with Gasteiger partial charge in [-0.05, 0) is 30.0 Å². The lowest BCUT2D eigenvalue weighted by molar-refractivity contribution is 0.599. The molecule has 3 N–H and O–H groups in total. The molecule has 0 amide bonds. The maximum absolute atomic E-state index is 11.0. The van der Waals surface area contributed by atoms with Gasteiger partial charge in [-0.2, -0.15) is 0 Å². The van der Waals surface area contributed by atoms with Crippen LogP contribution in [-0.2, 0) is 16.4 Å². The van der Waals surface area contributed by atoms with Crippen molar-refractivity contribution < 1.29 is 8.42 Å². The molecule has 0 unspecified atom stereocenters. The standard InChI is InChI=1S/C6H8N2O2S3/c7-13(9,10)5-3-4-1-2-8-12-6(4)11-5/h3,8H,1-2H2,(H2,7,9,10). The van der Waals surface area contributed by atoms with Gasteiger partial charge < -0.3 is 0 Å². The molecular formula is C6H8N2O2S3. The zero-order chi connectivity index (χ0) is 9.47. The molecule has 13 heavy (non-hydrogen) atoms. The van der Waals surface area contributed by atoms with Crippen molar-refractivity contribution >= 4 is 33.3 Å². The summed E-state index contributed by atoms with van der Waals surface area (Å²) in [6.45, 7) is 0.873. The summed E-state index contributed by atoms with van der Waals surface area (Å²) >= 11 is 2.70. The first-order valence-electron chi connectivity index (χ1n) is 3.62. The summed E-state index contributed by atoms with van der Waals surface area (Å²) in [7, 11) is -3.52. The van der Waals surface area contributed by atoms with Crippen LogP contribution in [0.2, 0.25) is 0 Å².